The van der Waals surface area contributed by atoms with Crippen LogP contribution in [0.25, 0.3) is 0 Å². The van der Waals surface area contributed by atoms with Crippen LogP contribution in [0, 0.1) is 5.82 Å². The number of nitrogens with zero attached hydrogens (tertiary/aromatic N) is 1. The van der Waals surface area contributed by atoms with E-state index < -0.39 is 28.0 Å². The second-order valence-electron chi connectivity index (χ2n) is 6.56. The van der Waals surface area contributed by atoms with Crippen molar-refractivity contribution in [3.63, 3.8) is 0 Å². The Hall–Kier alpha value is -2.78. The Morgan fingerprint density at radius 1 is 1.14 bits per heavy atom. The van der Waals surface area contributed by atoms with Gasteiger partial charge in [-0.1, -0.05) is 18.2 Å². The summed E-state index contributed by atoms with van der Waals surface area (Å²) in [4.78, 5) is 24.2. The Morgan fingerprint density at radius 3 is 2.41 bits per heavy atom. The van der Waals surface area contributed by atoms with Crippen LogP contribution in [0.1, 0.15) is 18.9 Å². The summed E-state index contributed by atoms with van der Waals surface area (Å²) >= 11 is 0. The van der Waals surface area contributed by atoms with E-state index in [9.17, 15) is 22.4 Å². The maximum atomic E-state index is 12.9. The van der Waals surface area contributed by atoms with Gasteiger partial charge >= 0.3 is 5.97 Å². The quantitative estimate of drug-likeness (QED) is 0.660. The summed E-state index contributed by atoms with van der Waals surface area (Å²) in [6.07, 6.45) is -0.664. The normalized spacial score (nSPS) is 12.4. The van der Waals surface area contributed by atoms with Crippen molar-refractivity contribution in [3.05, 3.63) is 59.9 Å². The Bertz CT molecular complexity index is 975. The summed E-state index contributed by atoms with van der Waals surface area (Å²) in [6.45, 7) is 1.42. The summed E-state index contributed by atoms with van der Waals surface area (Å²) in [5.41, 5.74) is 1.05. The van der Waals surface area contributed by atoms with Gasteiger partial charge in [-0.3, -0.25) is 9.59 Å². The number of ether oxygens (including phenoxy) is 1. The zero-order chi connectivity index (χ0) is 21.6. The third-order valence-corrected chi connectivity index (χ3v) is 5.90. The monoisotopic (exact) mass is 422 g/mol. The molecule has 1 atom stereocenters. The first-order valence-corrected chi connectivity index (χ1v) is 10.3. The first kappa shape index (κ1) is 22.5. The molecular weight excluding hydrogens is 399 g/mol. The Kier molecular flexibility index (Phi) is 7.46. The molecule has 7 nitrogen and oxygen atoms in total. The van der Waals surface area contributed by atoms with Crippen molar-refractivity contribution in [2.45, 2.75) is 30.8 Å². The van der Waals surface area contributed by atoms with Crippen molar-refractivity contribution in [1.82, 2.24) is 4.31 Å². The molecule has 0 saturated carbocycles. The number of hydrogen-bond donors (Lipinski definition) is 1. The molecule has 156 valence electrons. The topological polar surface area (TPSA) is 92.8 Å². The number of carbonyl (C=O) groups excluding carboxylic acids is 2. The Labute approximate surface area is 169 Å². The van der Waals surface area contributed by atoms with E-state index in [2.05, 4.69) is 5.32 Å². The molecule has 29 heavy (non-hydrogen) atoms. The van der Waals surface area contributed by atoms with Crippen molar-refractivity contribution >= 4 is 27.6 Å². The van der Waals surface area contributed by atoms with Crippen LogP contribution in [0.15, 0.2) is 53.4 Å². The summed E-state index contributed by atoms with van der Waals surface area (Å²) in [6, 6.07) is 11.6. The van der Waals surface area contributed by atoms with E-state index in [0.717, 1.165) is 9.87 Å². The van der Waals surface area contributed by atoms with Gasteiger partial charge < -0.3 is 10.1 Å². The molecule has 0 aromatic heterocycles. The van der Waals surface area contributed by atoms with Crippen LogP contribution in [0.4, 0.5) is 10.1 Å². The van der Waals surface area contributed by atoms with Crippen LogP contribution in [0.2, 0.25) is 0 Å². The van der Waals surface area contributed by atoms with Gasteiger partial charge in [-0.25, -0.2) is 17.1 Å². The molecule has 0 saturated heterocycles. The molecule has 1 N–H and O–H groups in total. The minimum Gasteiger partial charge on any atom is -0.453 e. The predicted molar refractivity (Wildman–Crippen MR) is 106 cm³/mol. The zero-order valence-corrected chi connectivity index (χ0v) is 17.2. The predicted octanol–water partition coefficient (Wildman–Crippen LogP) is 2.58. The number of sulfonamides is 1. The van der Waals surface area contributed by atoms with Gasteiger partial charge in [0.25, 0.3) is 5.91 Å². The lowest BCUT2D eigenvalue weighted by Crippen LogP contribution is -2.30. The number of aryl methyl sites for hydroxylation is 1. The fourth-order valence-corrected chi connectivity index (χ4v) is 3.34. The average molecular weight is 422 g/mol. The first-order chi connectivity index (χ1) is 13.6. The molecule has 0 spiro atoms. The van der Waals surface area contributed by atoms with Gasteiger partial charge in [-0.05, 0) is 49.2 Å². The fraction of sp³-hybridized carbons (Fsp3) is 0.300. The highest BCUT2D eigenvalue weighted by Gasteiger charge is 2.20. The lowest BCUT2D eigenvalue weighted by molar-refractivity contribution is -0.153. The molecule has 0 unspecified atom stereocenters. The van der Waals surface area contributed by atoms with Crippen LogP contribution >= 0.6 is 0 Å². The molecule has 0 radical (unpaired) electrons. The third-order valence-electron chi connectivity index (χ3n) is 4.09. The molecule has 0 aliphatic rings. The molecule has 2 rings (SSSR count). The van der Waals surface area contributed by atoms with Crippen molar-refractivity contribution < 1.29 is 27.1 Å². The second kappa shape index (κ2) is 9.62. The van der Waals surface area contributed by atoms with Gasteiger partial charge in [0.05, 0.1) is 4.90 Å². The van der Waals surface area contributed by atoms with E-state index in [1.54, 1.807) is 12.1 Å². The van der Waals surface area contributed by atoms with Crippen molar-refractivity contribution in [2.24, 2.45) is 0 Å². The molecule has 0 heterocycles. The van der Waals surface area contributed by atoms with Gasteiger partial charge in [-0.2, -0.15) is 0 Å². The highest BCUT2D eigenvalue weighted by molar-refractivity contribution is 7.89. The van der Waals surface area contributed by atoms with Crippen molar-refractivity contribution in [3.8, 4) is 0 Å². The molecule has 2 aromatic carbocycles. The lowest BCUT2D eigenvalue weighted by atomic mass is 10.1. The average Bonchev–Trinajstić information content (AvgIpc) is 2.67. The molecule has 0 aliphatic heterocycles. The zero-order valence-electron chi connectivity index (χ0n) is 16.4. The van der Waals surface area contributed by atoms with E-state index >= 15 is 0 Å². The largest absolute Gasteiger partial charge is 0.453 e. The fourth-order valence-electron chi connectivity index (χ4n) is 2.40. The van der Waals surface area contributed by atoms with E-state index in [1.807, 2.05) is 0 Å². The summed E-state index contributed by atoms with van der Waals surface area (Å²) in [5.74, 6) is -1.51. The van der Waals surface area contributed by atoms with Crippen LogP contribution in [-0.4, -0.2) is 44.8 Å². The van der Waals surface area contributed by atoms with Gasteiger partial charge in [0.2, 0.25) is 10.0 Å². The van der Waals surface area contributed by atoms with Gasteiger partial charge in [0, 0.05) is 26.2 Å². The van der Waals surface area contributed by atoms with Gasteiger partial charge in [0.1, 0.15) is 5.82 Å². The smallest absolute Gasteiger partial charge is 0.306 e. The number of nitrogens with one attached hydrogen (secondary N) is 1. The second-order valence-corrected chi connectivity index (χ2v) is 8.71. The number of carbonyl (C=O) groups is 2. The highest BCUT2D eigenvalue weighted by Crippen LogP contribution is 2.18. The molecular formula is C20H23FN2O5S. The number of amides is 1. The highest BCUT2D eigenvalue weighted by atomic mass is 32.2. The standard InChI is InChI=1S/C20H23FN2O5S/c1-14(28-19(24)12-9-15-7-10-16(21)11-8-15)20(25)22-17-5-4-6-18(13-17)29(26,27)23(2)3/h4-8,10-11,13-14H,9,12H2,1-3H3,(H,22,25)/t14-/m1/s1. The number of halogens is 1. The molecule has 1 amide bonds. The third kappa shape index (κ3) is 6.37. The Balaban J connectivity index is 1.91. The number of rotatable bonds is 8. The van der Waals surface area contributed by atoms with E-state index in [0.29, 0.717) is 6.42 Å². The minimum atomic E-state index is -3.64. The van der Waals surface area contributed by atoms with Gasteiger partial charge in [-0.15, -0.1) is 0 Å². The van der Waals surface area contributed by atoms with Crippen LogP contribution in [-0.2, 0) is 30.8 Å². The Morgan fingerprint density at radius 2 is 1.79 bits per heavy atom. The summed E-state index contributed by atoms with van der Waals surface area (Å²) in [7, 11) is -0.816. The van der Waals surface area contributed by atoms with Gasteiger partial charge in [0.15, 0.2) is 6.10 Å². The number of hydrogen-bond acceptors (Lipinski definition) is 5. The van der Waals surface area contributed by atoms with Crippen molar-refractivity contribution in [1.29, 1.82) is 0 Å². The lowest BCUT2D eigenvalue weighted by Gasteiger charge is -2.15. The molecule has 0 fully saturated rings. The SMILES string of the molecule is C[C@@H](OC(=O)CCc1ccc(F)cc1)C(=O)Nc1cccc(S(=O)(=O)N(C)C)c1. The van der Waals surface area contributed by atoms with E-state index in [4.69, 9.17) is 4.74 Å². The molecule has 2 aromatic rings. The summed E-state index contributed by atoms with van der Waals surface area (Å²) in [5, 5.41) is 2.54. The minimum absolute atomic E-state index is 0.0317. The van der Waals surface area contributed by atoms with E-state index in [-0.39, 0.29) is 22.8 Å². The molecule has 0 aliphatic carbocycles. The summed E-state index contributed by atoms with van der Waals surface area (Å²) < 4.78 is 43.4. The van der Waals surface area contributed by atoms with Crippen LogP contribution in [0.5, 0.6) is 0 Å². The van der Waals surface area contributed by atoms with Crippen LogP contribution < -0.4 is 5.32 Å². The first-order valence-electron chi connectivity index (χ1n) is 8.87. The number of benzene rings is 2. The van der Waals surface area contributed by atoms with Crippen molar-refractivity contribution in [2.75, 3.05) is 19.4 Å². The molecule has 9 heteroatoms. The maximum Gasteiger partial charge on any atom is 0.306 e. The van der Waals surface area contributed by atoms with Crippen LogP contribution in [0.3, 0.4) is 0 Å². The molecule has 0 bridgehead atoms. The number of anilines is 1. The van der Waals surface area contributed by atoms with E-state index in [1.165, 1.54) is 57.4 Å². The maximum absolute atomic E-state index is 12.9. The number of esters is 1.